The van der Waals surface area contributed by atoms with E-state index in [0.29, 0.717) is 5.16 Å². The quantitative estimate of drug-likeness (QED) is 0.657. The van der Waals surface area contributed by atoms with Gasteiger partial charge >= 0.3 is 5.97 Å². The number of thioether (sulfide) groups is 1. The summed E-state index contributed by atoms with van der Waals surface area (Å²) in [6, 6.07) is 5.94. The highest BCUT2D eigenvalue weighted by Gasteiger charge is 2.11. The zero-order valence-corrected chi connectivity index (χ0v) is 12.5. The van der Waals surface area contributed by atoms with Gasteiger partial charge in [-0.05, 0) is 47.2 Å². The summed E-state index contributed by atoms with van der Waals surface area (Å²) in [5, 5.41) is 17.1. The van der Waals surface area contributed by atoms with E-state index in [1.165, 1.54) is 0 Å². The van der Waals surface area contributed by atoms with E-state index >= 15 is 0 Å². The first-order valence-electron chi connectivity index (χ1n) is 5.09. The number of rotatable bonds is 4. The number of hydrogen-bond acceptors (Lipinski definition) is 4. The molecule has 0 saturated carbocycles. The van der Waals surface area contributed by atoms with Gasteiger partial charge in [-0.2, -0.15) is 0 Å². The molecule has 1 heterocycles. The zero-order valence-electron chi connectivity index (χ0n) is 9.50. The van der Waals surface area contributed by atoms with Crippen molar-refractivity contribution in [3.8, 4) is 5.69 Å². The van der Waals surface area contributed by atoms with Gasteiger partial charge in [0.05, 0.1) is 11.4 Å². The first-order chi connectivity index (χ1) is 8.59. The summed E-state index contributed by atoms with van der Waals surface area (Å²) in [5.41, 5.74) is 2.09. The summed E-state index contributed by atoms with van der Waals surface area (Å²) in [6.45, 7) is 2.02. The third-order valence-corrected chi connectivity index (χ3v) is 4.44. The molecule has 0 aliphatic carbocycles. The Labute approximate surface area is 122 Å². The SMILES string of the molecule is Cc1c(I)cccc1-n1cnnc1SCC(=O)O. The fourth-order valence-corrected chi connectivity index (χ4v) is 2.60. The number of carboxylic acids is 1. The average Bonchev–Trinajstić information content (AvgIpc) is 2.78. The zero-order chi connectivity index (χ0) is 13.1. The van der Waals surface area contributed by atoms with Gasteiger partial charge in [0.25, 0.3) is 0 Å². The molecule has 0 bridgehead atoms. The van der Waals surface area contributed by atoms with Crippen molar-refractivity contribution in [3.05, 3.63) is 33.7 Å². The molecule has 0 aliphatic heterocycles. The Morgan fingerprint density at radius 3 is 3.06 bits per heavy atom. The molecule has 1 N–H and O–H groups in total. The fourth-order valence-electron chi connectivity index (χ4n) is 1.47. The molecule has 1 aromatic carbocycles. The van der Waals surface area contributed by atoms with Crippen molar-refractivity contribution in [1.82, 2.24) is 14.8 Å². The van der Waals surface area contributed by atoms with Crippen LogP contribution in [0.5, 0.6) is 0 Å². The van der Waals surface area contributed by atoms with Gasteiger partial charge < -0.3 is 5.11 Å². The number of halogens is 1. The number of benzene rings is 1. The van der Waals surface area contributed by atoms with Crippen molar-refractivity contribution in [3.63, 3.8) is 0 Å². The van der Waals surface area contributed by atoms with Crippen LogP contribution in [-0.2, 0) is 4.79 Å². The molecule has 5 nitrogen and oxygen atoms in total. The van der Waals surface area contributed by atoms with Crippen molar-refractivity contribution in [2.45, 2.75) is 12.1 Å². The van der Waals surface area contributed by atoms with Gasteiger partial charge in [-0.25, -0.2) is 0 Å². The highest BCUT2D eigenvalue weighted by molar-refractivity contribution is 14.1. The van der Waals surface area contributed by atoms with Gasteiger partial charge in [-0.1, -0.05) is 17.8 Å². The summed E-state index contributed by atoms with van der Waals surface area (Å²) < 4.78 is 2.96. The van der Waals surface area contributed by atoms with E-state index in [9.17, 15) is 4.79 Å². The highest BCUT2D eigenvalue weighted by Crippen LogP contribution is 2.24. The maximum Gasteiger partial charge on any atom is 0.313 e. The molecule has 0 aliphatic rings. The van der Waals surface area contributed by atoms with Crippen LogP contribution < -0.4 is 0 Å². The van der Waals surface area contributed by atoms with Crippen LogP contribution in [0.15, 0.2) is 29.7 Å². The lowest BCUT2D eigenvalue weighted by atomic mass is 10.2. The maximum atomic E-state index is 10.6. The van der Waals surface area contributed by atoms with E-state index in [1.807, 2.05) is 29.7 Å². The first kappa shape index (κ1) is 13.3. The topological polar surface area (TPSA) is 68.0 Å². The Kier molecular flexibility index (Phi) is 4.23. The standard InChI is InChI=1S/C11H10IN3O2S/c1-7-8(12)3-2-4-9(7)15-6-13-14-11(15)18-5-10(16)17/h2-4,6H,5H2,1H3,(H,16,17). The van der Waals surface area contributed by atoms with E-state index in [-0.39, 0.29) is 5.75 Å². The second kappa shape index (κ2) is 5.70. The minimum absolute atomic E-state index is 0.0261. The summed E-state index contributed by atoms with van der Waals surface area (Å²) in [5.74, 6) is -0.893. The average molecular weight is 375 g/mol. The van der Waals surface area contributed by atoms with Crippen molar-refractivity contribution in [1.29, 1.82) is 0 Å². The molecule has 1 aromatic heterocycles. The molecule has 18 heavy (non-hydrogen) atoms. The molecule has 2 aromatic rings. The molecule has 0 fully saturated rings. The number of carboxylic acid groups (broad SMARTS) is 1. The summed E-state index contributed by atoms with van der Waals surface area (Å²) in [7, 11) is 0. The Morgan fingerprint density at radius 2 is 2.33 bits per heavy atom. The van der Waals surface area contributed by atoms with Crippen LogP contribution in [0.25, 0.3) is 5.69 Å². The Hall–Kier alpha value is -1.09. The molecular weight excluding hydrogens is 365 g/mol. The maximum absolute atomic E-state index is 10.6. The Balaban J connectivity index is 2.36. The summed E-state index contributed by atoms with van der Waals surface area (Å²) >= 11 is 3.42. The second-order valence-corrected chi connectivity index (χ2v) is 5.65. The molecule has 0 unspecified atom stereocenters. The lowest BCUT2D eigenvalue weighted by Crippen LogP contribution is -2.03. The van der Waals surface area contributed by atoms with Gasteiger partial charge in [0.15, 0.2) is 5.16 Å². The normalized spacial score (nSPS) is 10.6. The van der Waals surface area contributed by atoms with Crippen LogP contribution >= 0.6 is 34.4 Å². The molecule has 2 rings (SSSR count). The van der Waals surface area contributed by atoms with Crippen molar-refractivity contribution in [2.75, 3.05) is 5.75 Å². The molecule has 7 heteroatoms. The fraction of sp³-hybridized carbons (Fsp3) is 0.182. The van der Waals surface area contributed by atoms with Gasteiger partial charge in [-0.3, -0.25) is 9.36 Å². The number of aliphatic carboxylic acids is 1. The van der Waals surface area contributed by atoms with Crippen LogP contribution in [0.1, 0.15) is 5.56 Å². The minimum atomic E-state index is -0.867. The summed E-state index contributed by atoms with van der Waals surface area (Å²) in [4.78, 5) is 10.6. The number of nitrogens with zero attached hydrogens (tertiary/aromatic N) is 3. The predicted octanol–water partition coefficient (Wildman–Crippen LogP) is 2.36. The van der Waals surface area contributed by atoms with E-state index < -0.39 is 5.97 Å². The third-order valence-electron chi connectivity index (χ3n) is 2.34. The summed E-state index contributed by atoms with van der Waals surface area (Å²) in [6.07, 6.45) is 1.60. The molecule has 94 valence electrons. The van der Waals surface area contributed by atoms with E-state index in [4.69, 9.17) is 5.11 Å². The Morgan fingerprint density at radius 1 is 1.56 bits per heavy atom. The minimum Gasteiger partial charge on any atom is -0.481 e. The van der Waals surface area contributed by atoms with Gasteiger partial charge in [0.1, 0.15) is 6.33 Å². The predicted molar refractivity (Wildman–Crippen MR) is 77.2 cm³/mol. The van der Waals surface area contributed by atoms with Crippen molar-refractivity contribution >= 4 is 40.3 Å². The van der Waals surface area contributed by atoms with Gasteiger partial charge in [-0.15, -0.1) is 10.2 Å². The number of carbonyl (C=O) groups is 1. The smallest absolute Gasteiger partial charge is 0.313 e. The number of hydrogen-bond donors (Lipinski definition) is 1. The molecule has 0 saturated heterocycles. The van der Waals surface area contributed by atoms with Crippen LogP contribution in [0.2, 0.25) is 0 Å². The van der Waals surface area contributed by atoms with Crippen LogP contribution in [0.4, 0.5) is 0 Å². The van der Waals surface area contributed by atoms with E-state index in [0.717, 1.165) is 26.6 Å². The van der Waals surface area contributed by atoms with E-state index in [1.54, 1.807) is 6.33 Å². The lowest BCUT2D eigenvalue weighted by Gasteiger charge is -2.09. The van der Waals surface area contributed by atoms with Gasteiger partial charge in [0.2, 0.25) is 0 Å². The van der Waals surface area contributed by atoms with Crippen LogP contribution in [0.3, 0.4) is 0 Å². The van der Waals surface area contributed by atoms with E-state index in [2.05, 4.69) is 32.8 Å². The molecule has 0 spiro atoms. The van der Waals surface area contributed by atoms with Crippen molar-refractivity contribution in [2.24, 2.45) is 0 Å². The van der Waals surface area contributed by atoms with Gasteiger partial charge in [0, 0.05) is 3.57 Å². The molecule has 0 radical (unpaired) electrons. The highest BCUT2D eigenvalue weighted by atomic mass is 127. The molecule has 0 atom stereocenters. The molecular formula is C11H10IN3O2S. The monoisotopic (exact) mass is 375 g/mol. The number of aromatic nitrogens is 3. The second-order valence-electron chi connectivity index (χ2n) is 3.55. The lowest BCUT2D eigenvalue weighted by molar-refractivity contribution is -0.133. The van der Waals surface area contributed by atoms with Crippen LogP contribution in [0, 0.1) is 10.5 Å². The molecule has 0 amide bonds. The largest absolute Gasteiger partial charge is 0.481 e. The first-order valence-corrected chi connectivity index (χ1v) is 7.16. The Bertz CT molecular complexity index is 585. The van der Waals surface area contributed by atoms with Crippen molar-refractivity contribution < 1.29 is 9.90 Å². The van der Waals surface area contributed by atoms with Crippen LogP contribution in [-0.4, -0.2) is 31.6 Å². The third kappa shape index (κ3) is 2.83.